The van der Waals surface area contributed by atoms with Crippen molar-refractivity contribution in [3.05, 3.63) is 58.1 Å². The first-order chi connectivity index (χ1) is 12.6. The normalized spacial score (nSPS) is 11.2. The molecule has 2 aromatic rings. The Balaban J connectivity index is 2.13. The monoisotopic (exact) mass is 460 g/mol. The first-order valence-corrected chi connectivity index (χ1v) is 9.02. The van der Waals surface area contributed by atoms with E-state index in [1.54, 1.807) is 18.2 Å². The van der Waals surface area contributed by atoms with E-state index in [4.69, 9.17) is 17.0 Å². The molecule has 0 radical (unpaired) electrons. The third kappa shape index (κ3) is 6.21. The quantitative estimate of drug-likeness (QED) is 0.601. The number of halogens is 4. The van der Waals surface area contributed by atoms with Crippen LogP contribution in [0.4, 0.5) is 18.9 Å². The number of carbonyl (C=O) groups excluding carboxylic acids is 1. The highest BCUT2D eigenvalue weighted by molar-refractivity contribution is 9.10. The molecule has 144 valence electrons. The van der Waals surface area contributed by atoms with E-state index in [1.165, 1.54) is 12.1 Å². The number of anilines is 1. The van der Waals surface area contributed by atoms with Gasteiger partial charge >= 0.3 is 6.18 Å². The highest BCUT2D eigenvalue weighted by Gasteiger charge is 2.30. The Morgan fingerprint density at radius 2 is 1.89 bits per heavy atom. The molecule has 4 nitrogen and oxygen atoms in total. The number of thiocarbonyl (C=S) groups is 1. The van der Waals surface area contributed by atoms with E-state index < -0.39 is 17.6 Å². The fraction of sp³-hybridized carbons (Fsp3) is 0.222. The van der Waals surface area contributed by atoms with Crippen LogP contribution in [0, 0.1) is 0 Å². The molecule has 0 aliphatic heterocycles. The van der Waals surface area contributed by atoms with Gasteiger partial charge in [-0.05, 0) is 62.5 Å². The Kier molecular flexibility index (Phi) is 6.83. The van der Waals surface area contributed by atoms with Crippen molar-refractivity contribution in [2.75, 3.05) is 5.32 Å². The number of carbonyl (C=O) groups is 1. The third-order valence-electron chi connectivity index (χ3n) is 3.22. The summed E-state index contributed by atoms with van der Waals surface area (Å²) in [4.78, 5) is 12.5. The molecule has 0 unspecified atom stereocenters. The summed E-state index contributed by atoms with van der Waals surface area (Å²) in [6, 6.07) is 9.46. The van der Waals surface area contributed by atoms with Gasteiger partial charge in [-0.15, -0.1) is 0 Å². The lowest BCUT2D eigenvalue weighted by Gasteiger charge is -2.15. The standard InChI is InChI=1S/C18H16BrF3N2O2S/c1-10(2)26-15-7-6-12(19)9-14(15)16(25)24-17(27)23-13-5-3-4-11(8-13)18(20,21)22/h3-10H,1-2H3,(H2,23,24,25,27). The van der Waals surface area contributed by atoms with E-state index >= 15 is 0 Å². The number of rotatable bonds is 4. The summed E-state index contributed by atoms with van der Waals surface area (Å²) in [5, 5.41) is 4.89. The van der Waals surface area contributed by atoms with Crippen molar-refractivity contribution in [2.45, 2.75) is 26.1 Å². The van der Waals surface area contributed by atoms with Crippen LogP contribution in [0.5, 0.6) is 5.75 Å². The fourth-order valence-corrected chi connectivity index (χ4v) is 2.71. The smallest absolute Gasteiger partial charge is 0.416 e. The first-order valence-electron chi connectivity index (χ1n) is 7.82. The van der Waals surface area contributed by atoms with Gasteiger partial charge in [-0.3, -0.25) is 10.1 Å². The van der Waals surface area contributed by atoms with Crippen molar-refractivity contribution in [2.24, 2.45) is 0 Å². The molecule has 2 aromatic carbocycles. The van der Waals surface area contributed by atoms with Gasteiger partial charge in [0.2, 0.25) is 0 Å². The van der Waals surface area contributed by atoms with Gasteiger partial charge in [0.25, 0.3) is 5.91 Å². The average molecular weight is 461 g/mol. The van der Waals surface area contributed by atoms with Crippen molar-refractivity contribution in [1.82, 2.24) is 5.32 Å². The van der Waals surface area contributed by atoms with Crippen LogP contribution in [-0.2, 0) is 6.18 Å². The van der Waals surface area contributed by atoms with Gasteiger partial charge < -0.3 is 10.1 Å². The summed E-state index contributed by atoms with van der Waals surface area (Å²) in [5.74, 6) is -0.177. The summed E-state index contributed by atoms with van der Waals surface area (Å²) in [6.45, 7) is 3.65. The van der Waals surface area contributed by atoms with Crippen LogP contribution >= 0.6 is 28.1 Å². The molecule has 2 N–H and O–H groups in total. The van der Waals surface area contributed by atoms with Gasteiger partial charge in [0, 0.05) is 10.2 Å². The van der Waals surface area contributed by atoms with Crippen molar-refractivity contribution in [3.8, 4) is 5.75 Å². The maximum atomic E-state index is 12.8. The van der Waals surface area contributed by atoms with E-state index in [9.17, 15) is 18.0 Å². The summed E-state index contributed by atoms with van der Waals surface area (Å²) in [7, 11) is 0. The Hall–Kier alpha value is -2.13. The van der Waals surface area contributed by atoms with Crippen LogP contribution in [0.15, 0.2) is 46.9 Å². The lowest BCUT2D eigenvalue weighted by molar-refractivity contribution is -0.137. The molecule has 0 aliphatic carbocycles. The van der Waals surface area contributed by atoms with Crippen LogP contribution in [0.25, 0.3) is 0 Å². The molecule has 0 aliphatic rings. The molecule has 0 saturated carbocycles. The highest BCUT2D eigenvalue weighted by atomic mass is 79.9. The van der Waals surface area contributed by atoms with Crippen LogP contribution in [0.3, 0.4) is 0 Å². The molecule has 0 aromatic heterocycles. The van der Waals surface area contributed by atoms with E-state index in [0.717, 1.165) is 12.1 Å². The Morgan fingerprint density at radius 1 is 1.19 bits per heavy atom. The van der Waals surface area contributed by atoms with Crippen LogP contribution in [-0.4, -0.2) is 17.1 Å². The van der Waals surface area contributed by atoms with Gasteiger partial charge in [0.1, 0.15) is 5.75 Å². The van der Waals surface area contributed by atoms with Gasteiger partial charge in [-0.2, -0.15) is 13.2 Å². The van der Waals surface area contributed by atoms with Gasteiger partial charge in [0.05, 0.1) is 17.2 Å². The largest absolute Gasteiger partial charge is 0.490 e. The molecular weight excluding hydrogens is 445 g/mol. The minimum atomic E-state index is -4.47. The van der Waals surface area contributed by atoms with Crippen LogP contribution in [0.1, 0.15) is 29.8 Å². The molecule has 0 fully saturated rings. The summed E-state index contributed by atoms with van der Waals surface area (Å²) in [6.07, 6.45) is -4.62. The van der Waals surface area contributed by atoms with E-state index in [1.807, 2.05) is 13.8 Å². The molecule has 27 heavy (non-hydrogen) atoms. The van der Waals surface area contributed by atoms with E-state index in [2.05, 4.69) is 26.6 Å². The molecule has 9 heteroatoms. The Bertz CT molecular complexity index is 857. The van der Waals surface area contributed by atoms with Gasteiger partial charge in [-0.1, -0.05) is 22.0 Å². The van der Waals surface area contributed by atoms with Crippen molar-refractivity contribution < 1.29 is 22.7 Å². The van der Waals surface area contributed by atoms with Gasteiger partial charge in [-0.25, -0.2) is 0 Å². The zero-order valence-electron chi connectivity index (χ0n) is 14.4. The van der Waals surface area contributed by atoms with E-state index in [0.29, 0.717) is 10.2 Å². The molecule has 1 amide bonds. The number of hydrogen-bond acceptors (Lipinski definition) is 3. The second-order valence-electron chi connectivity index (χ2n) is 5.79. The maximum Gasteiger partial charge on any atom is 0.416 e. The zero-order chi connectivity index (χ0) is 20.2. The molecule has 0 saturated heterocycles. The lowest BCUT2D eigenvalue weighted by atomic mass is 10.2. The summed E-state index contributed by atoms with van der Waals surface area (Å²) >= 11 is 8.32. The summed E-state index contributed by atoms with van der Waals surface area (Å²) in [5.41, 5.74) is -0.462. The lowest BCUT2D eigenvalue weighted by Crippen LogP contribution is -2.34. The van der Waals surface area contributed by atoms with Crippen molar-refractivity contribution >= 4 is 44.9 Å². The zero-order valence-corrected chi connectivity index (χ0v) is 16.8. The first kappa shape index (κ1) is 21.2. The van der Waals surface area contributed by atoms with Crippen molar-refractivity contribution in [1.29, 1.82) is 0 Å². The number of alkyl halides is 3. The average Bonchev–Trinajstić information content (AvgIpc) is 2.55. The fourth-order valence-electron chi connectivity index (χ4n) is 2.14. The minimum absolute atomic E-state index is 0.114. The third-order valence-corrected chi connectivity index (χ3v) is 3.92. The SMILES string of the molecule is CC(C)Oc1ccc(Br)cc1C(=O)NC(=S)Nc1cccc(C(F)(F)F)c1. The number of nitrogens with one attached hydrogen (secondary N) is 2. The topological polar surface area (TPSA) is 50.4 Å². The molecule has 0 atom stereocenters. The summed E-state index contributed by atoms with van der Waals surface area (Å²) < 4.78 is 44.6. The molecule has 0 bridgehead atoms. The second-order valence-corrected chi connectivity index (χ2v) is 7.12. The number of hydrogen-bond donors (Lipinski definition) is 2. The predicted molar refractivity (Wildman–Crippen MR) is 105 cm³/mol. The Morgan fingerprint density at radius 3 is 2.52 bits per heavy atom. The molecule has 0 spiro atoms. The number of ether oxygens (including phenoxy) is 1. The second kappa shape index (κ2) is 8.71. The maximum absolute atomic E-state index is 12.8. The van der Waals surface area contributed by atoms with Gasteiger partial charge in [0.15, 0.2) is 5.11 Å². The number of benzene rings is 2. The Labute approximate surface area is 168 Å². The van der Waals surface area contributed by atoms with Crippen molar-refractivity contribution in [3.63, 3.8) is 0 Å². The highest BCUT2D eigenvalue weighted by Crippen LogP contribution is 2.30. The molecular formula is C18H16BrF3N2O2S. The van der Waals surface area contributed by atoms with E-state index in [-0.39, 0.29) is 22.5 Å². The van der Waals surface area contributed by atoms with Crippen LogP contribution < -0.4 is 15.4 Å². The van der Waals surface area contributed by atoms with Crippen LogP contribution in [0.2, 0.25) is 0 Å². The molecule has 2 rings (SSSR count). The molecule has 0 heterocycles. The number of amides is 1. The minimum Gasteiger partial charge on any atom is -0.490 e. The predicted octanol–water partition coefficient (Wildman–Crippen LogP) is 5.38.